The van der Waals surface area contributed by atoms with Gasteiger partial charge in [-0.05, 0) is 26.7 Å². The summed E-state index contributed by atoms with van der Waals surface area (Å²) in [6.45, 7) is 3.66. The number of pyridine rings is 1. The van der Waals surface area contributed by atoms with Gasteiger partial charge in [0, 0.05) is 36.3 Å². The summed E-state index contributed by atoms with van der Waals surface area (Å²) in [6, 6.07) is 1.77. The zero-order valence-electron chi connectivity index (χ0n) is 15.0. The van der Waals surface area contributed by atoms with E-state index in [-0.39, 0.29) is 23.3 Å². The second-order valence-corrected chi connectivity index (χ2v) is 7.37. The minimum Gasteiger partial charge on any atom is -0.308 e. The van der Waals surface area contributed by atoms with Gasteiger partial charge in [0.25, 0.3) is 5.91 Å². The van der Waals surface area contributed by atoms with E-state index in [1.165, 1.54) is 0 Å². The summed E-state index contributed by atoms with van der Waals surface area (Å²) in [6.07, 6.45) is 0.336. The summed E-state index contributed by atoms with van der Waals surface area (Å²) < 4.78 is 37.6. The highest BCUT2D eigenvalue weighted by atomic mass is 19.4. The molecular weight excluding hydrogens is 375 g/mol. The maximum atomic E-state index is 12.7. The molecule has 3 heterocycles. The van der Waals surface area contributed by atoms with Gasteiger partial charge in [-0.15, -0.1) is 0 Å². The maximum Gasteiger partial charge on any atom is 0.451 e. The van der Waals surface area contributed by atoms with Crippen molar-refractivity contribution in [2.45, 2.75) is 44.3 Å². The van der Waals surface area contributed by atoms with Crippen molar-refractivity contribution in [1.29, 1.82) is 0 Å². The van der Waals surface area contributed by atoms with Crippen LogP contribution in [0, 0.1) is 0 Å². The number of carbonyl (C=O) groups is 2. The Morgan fingerprint density at radius 1 is 1.18 bits per heavy atom. The number of hydrogen-bond donors (Lipinski definition) is 1. The molecule has 0 bridgehead atoms. The fourth-order valence-electron chi connectivity index (χ4n) is 3.20. The molecule has 0 saturated heterocycles. The molecule has 1 saturated carbocycles. The molecule has 28 heavy (non-hydrogen) atoms. The van der Waals surface area contributed by atoms with Crippen molar-refractivity contribution in [3.05, 3.63) is 41.6 Å². The first-order chi connectivity index (χ1) is 13.1. The Kier molecular flexibility index (Phi) is 3.91. The van der Waals surface area contributed by atoms with E-state index in [4.69, 9.17) is 0 Å². The number of rotatable bonds is 3. The standard InChI is InChI=1S/C18H16F3N5O2/c1-17(2)11-8-22-13(5-12(11)26(16(17)28)10-3-4-10)25-14(27)9-6-23-15(24-7-9)18(19,20)21/h5-8,10H,3-4H2,1-2H3,(H,22,25,27). The molecule has 7 nitrogen and oxygen atoms in total. The van der Waals surface area contributed by atoms with Crippen molar-refractivity contribution in [2.24, 2.45) is 0 Å². The molecule has 2 aromatic heterocycles. The monoisotopic (exact) mass is 391 g/mol. The molecule has 1 aliphatic carbocycles. The van der Waals surface area contributed by atoms with Crippen LogP contribution in [0.1, 0.15) is 48.4 Å². The van der Waals surface area contributed by atoms with Gasteiger partial charge in [0.2, 0.25) is 11.7 Å². The third kappa shape index (κ3) is 2.98. The topological polar surface area (TPSA) is 88.1 Å². The van der Waals surface area contributed by atoms with Crippen molar-refractivity contribution < 1.29 is 22.8 Å². The number of carbonyl (C=O) groups excluding carboxylic acids is 2. The number of halogens is 3. The minimum atomic E-state index is -4.68. The van der Waals surface area contributed by atoms with Gasteiger partial charge >= 0.3 is 6.18 Å². The molecule has 146 valence electrons. The third-order valence-electron chi connectivity index (χ3n) is 4.89. The average Bonchev–Trinajstić information content (AvgIpc) is 3.43. The second kappa shape index (κ2) is 5.98. The Labute approximate surface area is 158 Å². The van der Waals surface area contributed by atoms with Crippen LogP contribution in [-0.4, -0.2) is 32.8 Å². The van der Waals surface area contributed by atoms with E-state index in [9.17, 15) is 22.8 Å². The van der Waals surface area contributed by atoms with Crippen molar-refractivity contribution in [1.82, 2.24) is 15.0 Å². The first-order valence-electron chi connectivity index (χ1n) is 8.64. The number of hydrogen-bond acceptors (Lipinski definition) is 5. The summed E-state index contributed by atoms with van der Waals surface area (Å²) in [7, 11) is 0. The highest BCUT2D eigenvalue weighted by Gasteiger charge is 2.49. The lowest BCUT2D eigenvalue weighted by Gasteiger charge is -2.19. The van der Waals surface area contributed by atoms with E-state index >= 15 is 0 Å². The van der Waals surface area contributed by atoms with E-state index in [0.29, 0.717) is 5.69 Å². The smallest absolute Gasteiger partial charge is 0.308 e. The largest absolute Gasteiger partial charge is 0.451 e. The van der Waals surface area contributed by atoms with Crippen molar-refractivity contribution in [3.8, 4) is 0 Å². The van der Waals surface area contributed by atoms with Gasteiger partial charge in [-0.2, -0.15) is 13.2 Å². The molecule has 2 amide bonds. The fourth-order valence-corrected chi connectivity index (χ4v) is 3.20. The summed E-state index contributed by atoms with van der Waals surface area (Å²) in [4.78, 5) is 37.3. The molecule has 1 N–H and O–H groups in total. The number of nitrogens with one attached hydrogen (secondary N) is 1. The van der Waals surface area contributed by atoms with Crippen LogP contribution in [0.2, 0.25) is 0 Å². The van der Waals surface area contributed by atoms with Crippen molar-refractivity contribution in [3.63, 3.8) is 0 Å². The van der Waals surface area contributed by atoms with Gasteiger partial charge in [0.1, 0.15) is 5.82 Å². The highest BCUT2D eigenvalue weighted by molar-refractivity contribution is 6.09. The van der Waals surface area contributed by atoms with E-state index in [2.05, 4.69) is 20.3 Å². The zero-order valence-corrected chi connectivity index (χ0v) is 15.0. The third-order valence-corrected chi connectivity index (χ3v) is 4.89. The van der Waals surface area contributed by atoms with Gasteiger partial charge < -0.3 is 10.2 Å². The van der Waals surface area contributed by atoms with E-state index in [1.807, 2.05) is 13.8 Å². The number of aromatic nitrogens is 3. The SMILES string of the molecule is CC1(C)C(=O)N(C2CC2)c2cc(NC(=O)c3cnc(C(F)(F)F)nc3)ncc21. The molecule has 1 fully saturated rings. The zero-order chi connectivity index (χ0) is 20.3. The summed E-state index contributed by atoms with van der Waals surface area (Å²) >= 11 is 0. The van der Waals surface area contributed by atoms with Crippen LogP contribution in [0.25, 0.3) is 0 Å². The summed E-state index contributed by atoms with van der Waals surface area (Å²) in [5, 5.41) is 2.52. The fraction of sp³-hybridized carbons (Fsp3) is 0.389. The van der Waals surface area contributed by atoms with Crippen LogP contribution in [0.15, 0.2) is 24.7 Å². The Balaban J connectivity index is 1.58. The minimum absolute atomic E-state index is 0.00795. The van der Waals surface area contributed by atoms with E-state index in [1.54, 1.807) is 17.2 Å². The molecule has 0 unspecified atom stereocenters. The summed E-state index contributed by atoms with van der Waals surface area (Å²) in [5.41, 5.74) is 0.645. The normalized spacial score (nSPS) is 18.2. The van der Waals surface area contributed by atoms with Gasteiger partial charge in [-0.1, -0.05) is 0 Å². The molecular formula is C18H16F3N5O2. The van der Waals surface area contributed by atoms with Crippen LogP contribution < -0.4 is 10.2 Å². The molecule has 0 spiro atoms. The first kappa shape index (κ1) is 18.3. The number of nitrogens with zero attached hydrogens (tertiary/aromatic N) is 4. The maximum absolute atomic E-state index is 12.7. The molecule has 2 aliphatic rings. The number of alkyl halides is 3. The first-order valence-corrected chi connectivity index (χ1v) is 8.64. The Hall–Kier alpha value is -3.04. The van der Waals surface area contributed by atoms with Gasteiger partial charge in [0.15, 0.2) is 0 Å². The van der Waals surface area contributed by atoms with Gasteiger partial charge in [-0.3, -0.25) is 9.59 Å². The van der Waals surface area contributed by atoms with Crippen LogP contribution in [0.5, 0.6) is 0 Å². The molecule has 4 rings (SSSR count). The lowest BCUT2D eigenvalue weighted by atomic mass is 9.87. The van der Waals surface area contributed by atoms with E-state index in [0.717, 1.165) is 30.8 Å². The van der Waals surface area contributed by atoms with Crippen molar-refractivity contribution >= 4 is 23.3 Å². The Morgan fingerprint density at radius 2 is 1.82 bits per heavy atom. The average molecular weight is 391 g/mol. The molecule has 2 aromatic rings. The predicted molar refractivity (Wildman–Crippen MR) is 92.8 cm³/mol. The van der Waals surface area contributed by atoms with Crippen molar-refractivity contribution in [2.75, 3.05) is 10.2 Å². The van der Waals surface area contributed by atoms with Gasteiger partial charge in [0.05, 0.1) is 16.7 Å². The predicted octanol–water partition coefficient (Wildman–Crippen LogP) is 2.93. The highest BCUT2D eigenvalue weighted by Crippen LogP contribution is 2.46. The molecule has 0 atom stereocenters. The van der Waals surface area contributed by atoms with Crippen LogP contribution in [-0.2, 0) is 16.4 Å². The Bertz CT molecular complexity index is 968. The lowest BCUT2D eigenvalue weighted by molar-refractivity contribution is -0.145. The van der Waals surface area contributed by atoms with E-state index < -0.39 is 23.3 Å². The second-order valence-electron chi connectivity index (χ2n) is 7.37. The van der Waals surface area contributed by atoms with Gasteiger partial charge in [-0.25, -0.2) is 15.0 Å². The number of anilines is 2. The lowest BCUT2D eigenvalue weighted by Crippen LogP contribution is -2.37. The number of fused-ring (bicyclic) bond motifs is 1. The quantitative estimate of drug-likeness (QED) is 0.869. The van der Waals surface area contributed by atoms with Crippen LogP contribution >= 0.6 is 0 Å². The molecule has 10 heteroatoms. The molecule has 0 aromatic carbocycles. The van der Waals surface area contributed by atoms with Crippen LogP contribution in [0.4, 0.5) is 24.7 Å². The molecule has 1 aliphatic heterocycles. The van der Waals surface area contributed by atoms with Crippen LogP contribution in [0.3, 0.4) is 0 Å². The number of amides is 2. The molecule has 0 radical (unpaired) electrons. The Morgan fingerprint density at radius 3 is 2.39 bits per heavy atom. The summed E-state index contributed by atoms with van der Waals surface area (Å²) in [5.74, 6) is -1.82.